The van der Waals surface area contributed by atoms with Gasteiger partial charge in [0.1, 0.15) is 11.1 Å². The second kappa shape index (κ2) is 8.78. The fraction of sp³-hybridized carbons (Fsp3) is 0.400. The lowest BCUT2D eigenvalue weighted by atomic mass is 9.96. The Morgan fingerprint density at radius 2 is 2.00 bits per heavy atom. The van der Waals surface area contributed by atoms with Gasteiger partial charge < -0.3 is 14.8 Å². The third-order valence-corrected chi connectivity index (χ3v) is 5.86. The number of nitriles is 1. The van der Waals surface area contributed by atoms with E-state index in [-0.39, 0.29) is 6.03 Å². The molecule has 27 heavy (non-hydrogen) atoms. The largest absolute Gasteiger partial charge is 0.493 e. The van der Waals surface area contributed by atoms with E-state index in [1.54, 1.807) is 14.2 Å². The predicted octanol–water partition coefficient (Wildman–Crippen LogP) is 3.88. The molecule has 142 valence electrons. The highest BCUT2D eigenvalue weighted by atomic mass is 32.1. The summed E-state index contributed by atoms with van der Waals surface area (Å²) in [5.74, 6) is 1.35. The highest BCUT2D eigenvalue weighted by Crippen LogP contribution is 2.37. The number of aryl methyl sites for hydroxylation is 1. The molecule has 2 aromatic rings. The van der Waals surface area contributed by atoms with Crippen molar-refractivity contribution in [3.8, 4) is 17.6 Å². The van der Waals surface area contributed by atoms with Gasteiger partial charge in [-0.2, -0.15) is 5.26 Å². The molecule has 6 nitrogen and oxygen atoms in total. The van der Waals surface area contributed by atoms with E-state index in [2.05, 4.69) is 16.7 Å². The summed E-state index contributed by atoms with van der Waals surface area (Å²) < 4.78 is 10.5. The summed E-state index contributed by atoms with van der Waals surface area (Å²) in [5.41, 5.74) is 2.79. The van der Waals surface area contributed by atoms with Gasteiger partial charge in [-0.3, -0.25) is 5.32 Å². The maximum absolute atomic E-state index is 12.2. The molecule has 0 unspecified atom stereocenters. The number of hydrogen-bond acceptors (Lipinski definition) is 5. The van der Waals surface area contributed by atoms with E-state index in [9.17, 15) is 10.1 Å². The number of thiophene rings is 1. The minimum atomic E-state index is -0.287. The molecule has 0 spiro atoms. The van der Waals surface area contributed by atoms with Crippen LogP contribution in [0, 0.1) is 11.3 Å². The fourth-order valence-electron chi connectivity index (χ4n) is 3.28. The standard InChI is InChI=1S/C20H23N3O3S/c1-25-16-8-7-13(11-17(16)26-2)9-10-22-20(24)23-19-15(12-21)14-5-3-4-6-18(14)27-19/h7-8,11H,3-6,9-10H2,1-2H3,(H2,22,23,24). The smallest absolute Gasteiger partial charge is 0.319 e. The number of ether oxygens (including phenoxy) is 2. The van der Waals surface area contributed by atoms with Crippen LogP contribution in [-0.4, -0.2) is 26.8 Å². The summed E-state index contributed by atoms with van der Waals surface area (Å²) in [7, 11) is 3.20. The first-order chi connectivity index (χ1) is 13.2. The van der Waals surface area contributed by atoms with Gasteiger partial charge in [0.25, 0.3) is 0 Å². The number of carbonyl (C=O) groups is 1. The van der Waals surface area contributed by atoms with E-state index < -0.39 is 0 Å². The van der Waals surface area contributed by atoms with Crippen LogP contribution < -0.4 is 20.1 Å². The number of rotatable bonds is 6. The number of carbonyl (C=O) groups excluding carboxylic acids is 1. The van der Waals surface area contributed by atoms with Crippen LogP contribution in [0.25, 0.3) is 0 Å². The molecule has 0 saturated heterocycles. The number of fused-ring (bicyclic) bond motifs is 1. The van der Waals surface area contributed by atoms with Crippen LogP contribution in [0.5, 0.6) is 11.5 Å². The quantitative estimate of drug-likeness (QED) is 0.790. The Balaban J connectivity index is 1.56. The molecule has 0 radical (unpaired) electrons. The molecule has 3 rings (SSSR count). The van der Waals surface area contributed by atoms with Crippen LogP contribution in [0.4, 0.5) is 9.80 Å². The van der Waals surface area contributed by atoms with Crippen LogP contribution in [0.3, 0.4) is 0 Å². The monoisotopic (exact) mass is 385 g/mol. The minimum absolute atomic E-state index is 0.287. The molecule has 0 saturated carbocycles. The van der Waals surface area contributed by atoms with Crippen LogP contribution in [0.15, 0.2) is 18.2 Å². The number of urea groups is 1. The van der Waals surface area contributed by atoms with Crippen molar-refractivity contribution in [2.45, 2.75) is 32.1 Å². The van der Waals surface area contributed by atoms with Gasteiger partial charge in [0, 0.05) is 11.4 Å². The van der Waals surface area contributed by atoms with Gasteiger partial charge in [0.15, 0.2) is 11.5 Å². The van der Waals surface area contributed by atoms with E-state index in [0.29, 0.717) is 35.0 Å². The summed E-state index contributed by atoms with van der Waals surface area (Å²) in [5, 5.41) is 15.8. The zero-order valence-electron chi connectivity index (χ0n) is 15.6. The van der Waals surface area contributed by atoms with E-state index in [0.717, 1.165) is 36.8 Å². The molecule has 0 fully saturated rings. The first-order valence-electron chi connectivity index (χ1n) is 8.96. The second-order valence-electron chi connectivity index (χ2n) is 6.35. The maximum atomic E-state index is 12.2. The first kappa shape index (κ1) is 19.1. The Morgan fingerprint density at radius 3 is 2.74 bits per heavy atom. The van der Waals surface area contributed by atoms with Gasteiger partial charge in [-0.25, -0.2) is 4.79 Å². The van der Waals surface area contributed by atoms with Gasteiger partial charge in [0.2, 0.25) is 0 Å². The number of hydrogen-bond donors (Lipinski definition) is 2. The number of nitrogens with one attached hydrogen (secondary N) is 2. The molecule has 1 aliphatic rings. The predicted molar refractivity (Wildman–Crippen MR) is 106 cm³/mol. The molecule has 2 N–H and O–H groups in total. The molecular weight excluding hydrogens is 362 g/mol. The van der Waals surface area contributed by atoms with Gasteiger partial charge in [-0.1, -0.05) is 6.07 Å². The van der Waals surface area contributed by atoms with Crippen molar-refractivity contribution in [2.24, 2.45) is 0 Å². The molecule has 0 aliphatic heterocycles. The summed E-state index contributed by atoms with van der Waals surface area (Å²) in [6.07, 6.45) is 4.85. The van der Waals surface area contributed by atoms with Gasteiger partial charge >= 0.3 is 6.03 Å². The number of amides is 2. The van der Waals surface area contributed by atoms with Crippen LogP contribution >= 0.6 is 11.3 Å². The van der Waals surface area contributed by atoms with Crippen molar-refractivity contribution in [1.82, 2.24) is 5.32 Å². The Bertz CT molecular complexity index is 870. The third-order valence-electron chi connectivity index (χ3n) is 4.66. The van der Waals surface area contributed by atoms with Crippen LogP contribution in [0.1, 0.15) is 34.4 Å². The van der Waals surface area contributed by atoms with E-state index in [4.69, 9.17) is 9.47 Å². The third kappa shape index (κ3) is 4.34. The molecule has 7 heteroatoms. The zero-order chi connectivity index (χ0) is 19.2. The number of benzene rings is 1. The van der Waals surface area contributed by atoms with E-state index in [1.807, 2.05) is 18.2 Å². The molecule has 1 aromatic heterocycles. The molecule has 0 atom stereocenters. The molecule has 2 amide bonds. The average molecular weight is 385 g/mol. The summed E-state index contributed by atoms with van der Waals surface area (Å²) in [6.45, 7) is 0.480. The van der Waals surface area contributed by atoms with Crippen molar-refractivity contribution >= 4 is 22.4 Å². The Labute approximate surface area is 163 Å². The maximum Gasteiger partial charge on any atom is 0.319 e. The molecular formula is C20H23N3O3S. The van der Waals surface area contributed by atoms with Crippen molar-refractivity contribution < 1.29 is 14.3 Å². The molecule has 0 bridgehead atoms. The molecule has 1 aromatic carbocycles. The second-order valence-corrected chi connectivity index (χ2v) is 7.45. The first-order valence-corrected chi connectivity index (χ1v) is 9.78. The van der Waals surface area contributed by atoms with Crippen molar-refractivity contribution in [1.29, 1.82) is 5.26 Å². The van der Waals surface area contributed by atoms with Crippen molar-refractivity contribution in [2.75, 3.05) is 26.1 Å². The zero-order valence-corrected chi connectivity index (χ0v) is 16.4. The minimum Gasteiger partial charge on any atom is -0.493 e. The Kier molecular flexibility index (Phi) is 6.20. The topological polar surface area (TPSA) is 83.4 Å². The van der Waals surface area contributed by atoms with Crippen molar-refractivity contribution in [3.05, 3.63) is 39.8 Å². The highest BCUT2D eigenvalue weighted by Gasteiger charge is 2.21. The lowest BCUT2D eigenvalue weighted by molar-refractivity contribution is 0.252. The summed E-state index contributed by atoms with van der Waals surface area (Å²) >= 11 is 1.53. The van der Waals surface area contributed by atoms with Gasteiger partial charge in [-0.15, -0.1) is 11.3 Å². The Hall–Kier alpha value is -2.72. The van der Waals surface area contributed by atoms with Crippen LogP contribution in [-0.2, 0) is 19.3 Å². The fourth-order valence-corrected chi connectivity index (χ4v) is 4.51. The van der Waals surface area contributed by atoms with E-state index >= 15 is 0 Å². The van der Waals surface area contributed by atoms with Crippen LogP contribution in [0.2, 0.25) is 0 Å². The van der Waals surface area contributed by atoms with Gasteiger partial charge in [-0.05, 0) is 55.4 Å². The molecule has 1 heterocycles. The lowest BCUT2D eigenvalue weighted by Gasteiger charge is -2.10. The number of anilines is 1. The Morgan fingerprint density at radius 1 is 1.22 bits per heavy atom. The highest BCUT2D eigenvalue weighted by molar-refractivity contribution is 7.16. The normalized spacial score (nSPS) is 12.6. The number of nitrogens with zero attached hydrogens (tertiary/aromatic N) is 1. The van der Waals surface area contributed by atoms with E-state index in [1.165, 1.54) is 16.2 Å². The summed E-state index contributed by atoms with van der Waals surface area (Å²) in [6, 6.07) is 7.67. The summed E-state index contributed by atoms with van der Waals surface area (Å²) in [4.78, 5) is 13.5. The lowest BCUT2D eigenvalue weighted by Crippen LogP contribution is -2.30. The van der Waals surface area contributed by atoms with Gasteiger partial charge in [0.05, 0.1) is 19.8 Å². The average Bonchev–Trinajstić information content (AvgIpc) is 3.04. The number of methoxy groups -OCH3 is 2. The molecule has 1 aliphatic carbocycles. The SMILES string of the molecule is COc1ccc(CCNC(=O)Nc2sc3c(c2C#N)CCCC3)cc1OC. The van der Waals surface area contributed by atoms with Crippen molar-refractivity contribution in [3.63, 3.8) is 0 Å².